The Balaban J connectivity index is 1.86. The van der Waals surface area contributed by atoms with E-state index in [-0.39, 0.29) is 5.91 Å². The zero-order chi connectivity index (χ0) is 14.8. The van der Waals surface area contributed by atoms with Crippen molar-refractivity contribution in [1.29, 1.82) is 0 Å². The van der Waals surface area contributed by atoms with Crippen molar-refractivity contribution in [1.82, 2.24) is 9.88 Å². The number of aromatic nitrogens is 1. The van der Waals surface area contributed by atoms with Gasteiger partial charge in [-0.25, -0.2) is 0 Å². The lowest BCUT2D eigenvalue weighted by molar-refractivity contribution is 0.0780. The molecular formula is C17H15BrN2O. The monoisotopic (exact) mass is 342 g/mol. The number of carbonyl (C=O) groups is 1. The molecule has 1 amide bonds. The van der Waals surface area contributed by atoms with Crippen molar-refractivity contribution in [3.05, 3.63) is 70.5 Å². The van der Waals surface area contributed by atoms with Gasteiger partial charge in [-0.2, -0.15) is 0 Å². The highest BCUT2D eigenvalue weighted by atomic mass is 79.9. The van der Waals surface area contributed by atoms with Crippen LogP contribution in [0.4, 0.5) is 0 Å². The predicted octanol–water partition coefficient (Wildman–Crippen LogP) is 4.20. The van der Waals surface area contributed by atoms with Crippen LogP contribution in [0, 0.1) is 0 Å². The Kier molecular flexibility index (Phi) is 3.80. The maximum Gasteiger partial charge on any atom is 0.270 e. The van der Waals surface area contributed by atoms with Gasteiger partial charge < -0.3 is 9.88 Å². The molecule has 0 aliphatic carbocycles. The van der Waals surface area contributed by atoms with E-state index >= 15 is 0 Å². The van der Waals surface area contributed by atoms with Gasteiger partial charge in [-0.05, 0) is 38.3 Å². The number of fused-ring (bicyclic) bond motifs is 1. The Hall–Kier alpha value is -2.07. The molecule has 1 N–H and O–H groups in total. The second-order valence-electron chi connectivity index (χ2n) is 5.03. The number of H-pyrrole nitrogens is 1. The molecule has 3 rings (SSSR count). The predicted molar refractivity (Wildman–Crippen MR) is 88.2 cm³/mol. The Morgan fingerprint density at radius 2 is 1.95 bits per heavy atom. The Bertz CT molecular complexity index is 789. The van der Waals surface area contributed by atoms with Gasteiger partial charge in [0.05, 0.1) is 0 Å². The van der Waals surface area contributed by atoms with Crippen LogP contribution in [0.5, 0.6) is 0 Å². The molecule has 4 heteroatoms. The fourth-order valence-electron chi connectivity index (χ4n) is 2.45. The first-order chi connectivity index (χ1) is 10.1. The number of nitrogens with one attached hydrogen (secondary N) is 1. The summed E-state index contributed by atoms with van der Waals surface area (Å²) in [4.78, 5) is 17.1. The third-order valence-corrected chi connectivity index (χ3v) is 3.97. The summed E-state index contributed by atoms with van der Waals surface area (Å²) >= 11 is 3.35. The molecule has 2 aromatic carbocycles. The van der Waals surface area contributed by atoms with Gasteiger partial charge in [0.2, 0.25) is 0 Å². The molecule has 0 aliphatic heterocycles. The van der Waals surface area contributed by atoms with Crippen molar-refractivity contribution < 1.29 is 4.79 Å². The van der Waals surface area contributed by atoms with Crippen LogP contribution in [0.15, 0.2) is 59.2 Å². The lowest BCUT2D eigenvalue weighted by Crippen LogP contribution is -2.26. The lowest BCUT2D eigenvalue weighted by Gasteiger charge is -2.17. The molecule has 0 aliphatic rings. The number of amides is 1. The molecular weight excluding hydrogens is 328 g/mol. The molecule has 106 valence electrons. The van der Waals surface area contributed by atoms with Gasteiger partial charge in [-0.15, -0.1) is 0 Å². The molecule has 0 radical (unpaired) electrons. The van der Waals surface area contributed by atoms with E-state index < -0.39 is 0 Å². The lowest BCUT2D eigenvalue weighted by atomic mass is 10.0. The van der Waals surface area contributed by atoms with Gasteiger partial charge in [0.25, 0.3) is 5.91 Å². The topological polar surface area (TPSA) is 36.1 Å². The van der Waals surface area contributed by atoms with Gasteiger partial charge in [0.1, 0.15) is 5.69 Å². The number of carbonyl (C=O) groups excluding carboxylic acids is 1. The van der Waals surface area contributed by atoms with Crippen molar-refractivity contribution in [3.63, 3.8) is 0 Å². The minimum absolute atomic E-state index is 0.0198. The van der Waals surface area contributed by atoms with E-state index in [1.807, 2.05) is 25.2 Å². The summed E-state index contributed by atoms with van der Waals surface area (Å²) in [7, 11) is 1.82. The molecule has 0 unspecified atom stereocenters. The van der Waals surface area contributed by atoms with Crippen LogP contribution < -0.4 is 0 Å². The Labute approximate surface area is 131 Å². The van der Waals surface area contributed by atoms with Gasteiger partial charge in [0.15, 0.2) is 0 Å². The molecule has 1 heterocycles. The van der Waals surface area contributed by atoms with Crippen LogP contribution in [-0.4, -0.2) is 22.8 Å². The molecule has 3 nitrogen and oxygen atoms in total. The minimum Gasteiger partial charge on any atom is -0.356 e. The highest BCUT2D eigenvalue weighted by Crippen LogP contribution is 2.20. The summed E-state index contributed by atoms with van der Waals surface area (Å²) in [5.41, 5.74) is 1.74. The van der Waals surface area contributed by atoms with Crippen molar-refractivity contribution in [2.45, 2.75) is 6.54 Å². The maximum atomic E-state index is 12.4. The zero-order valence-electron chi connectivity index (χ0n) is 11.6. The number of nitrogens with zero attached hydrogens (tertiary/aromatic N) is 1. The van der Waals surface area contributed by atoms with E-state index in [9.17, 15) is 4.79 Å². The largest absolute Gasteiger partial charge is 0.356 e. The van der Waals surface area contributed by atoms with Crippen molar-refractivity contribution in [2.75, 3.05) is 7.05 Å². The molecule has 0 atom stereocenters. The molecule has 0 bridgehead atoms. The summed E-state index contributed by atoms with van der Waals surface area (Å²) in [6.07, 6.45) is 1.76. The maximum absolute atomic E-state index is 12.4. The zero-order valence-corrected chi connectivity index (χ0v) is 13.2. The average Bonchev–Trinajstić information content (AvgIpc) is 2.93. The van der Waals surface area contributed by atoms with Gasteiger partial charge in [-0.1, -0.05) is 42.5 Å². The standard InChI is InChI=1S/C17H15BrN2O/c1-20(17(21)16-9-14(18)10-19-16)11-13-7-4-6-12-5-2-3-8-15(12)13/h2-10,19H,11H2,1H3. The van der Waals surface area contributed by atoms with Crippen molar-refractivity contribution in [2.24, 2.45) is 0 Å². The van der Waals surface area contributed by atoms with E-state index in [2.05, 4.69) is 45.2 Å². The molecule has 0 fully saturated rings. The number of hydrogen-bond acceptors (Lipinski definition) is 1. The fourth-order valence-corrected chi connectivity index (χ4v) is 2.80. The van der Waals surface area contributed by atoms with E-state index in [1.165, 1.54) is 10.8 Å². The first-order valence-corrected chi connectivity index (χ1v) is 7.50. The van der Waals surface area contributed by atoms with Gasteiger partial charge in [-0.3, -0.25) is 4.79 Å². The van der Waals surface area contributed by atoms with Crippen LogP contribution in [0.25, 0.3) is 10.8 Å². The van der Waals surface area contributed by atoms with Crippen LogP contribution in [0.2, 0.25) is 0 Å². The molecule has 0 spiro atoms. The van der Waals surface area contributed by atoms with Gasteiger partial charge in [0, 0.05) is 24.3 Å². The minimum atomic E-state index is -0.0198. The van der Waals surface area contributed by atoms with Crippen LogP contribution in [0.3, 0.4) is 0 Å². The summed E-state index contributed by atoms with van der Waals surface area (Å²) in [6.45, 7) is 0.580. The van der Waals surface area contributed by atoms with Crippen LogP contribution >= 0.6 is 15.9 Å². The average molecular weight is 343 g/mol. The van der Waals surface area contributed by atoms with Crippen molar-refractivity contribution in [3.8, 4) is 0 Å². The highest BCUT2D eigenvalue weighted by Gasteiger charge is 2.14. The van der Waals surface area contributed by atoms with Crippen molar-refractivity contribution >= 4 is 32.6 Å². The molecule has 21 heavy (non-hydrogen) atoms. The smallest absolute Gasteiger partial charge is 0.270 e. The summed E-state index contributed by atoms with van der Waals surface area (Å²) in [5.74, 6) is -0.0198. The molecule has 3 aromatic rings. The molecule has 0 saturated carbocycles. The van der Waals surface area contributed by atoms with Crippen LogP contribution in [0.1, 0.15) is 16.1 Å². The van der Waals surface area contributed by atoms with Gasteiger partial charge >= 0.3 is 0 Å². The van der Waals surface area contributed by atoms with E-state index in [0.29, 0.717) is 12.2 Å². The Morgan fingerprint density at radius 3 is 2.71 bits per heavy atom. The first-order valence-electron chi connectivity index (χ1n) is 6.71. The number of halogens is 1. The SMILES string of the molecule is CN(Cc1cccc2ccccc12)C(=O)c1cc(Br)c[nH]1. The number of hydrogen-bond donors (Lipinski definition) is 1. The van der Waals surface area contributed by atoms with E-state index in [0.717, 1.165) is 10.0 Å². The molecule has 1 aromatic heterocycles. The van der Waals surface area contributed by atoms with E-state index in [1.54, 1.807) is 17.2 Å². The number of rotatable bonds is 3. The highest BCUT2D eigenvalue weighted by molar-refractivity contribution is 9.10. The summed E-state index contributed by atoms with van der Waals surface area (Å²) < 4.78 is 0.879. The fraction of sp³-hybridized carbons (Fsp3) is 0.118. The first kappa shape index (κ1) is 13.9. The molecule has 0 saturated heterocycles. The quantitative estimate of drug-likeness (QED) is 0.760. The third kappa shape index (κ3) is 2.85. The number of benzene rings is 2. The second-order valence-corrected chi connectivity index (χ2v) is 5.95. The van der Waals surface area contributed by atoms with Crippen LogP contribution in [-0.2, 0) is 6.54 Å². The van der Waals surface area contributed by atoms with E-state index in [4.69, 9.17) is 0 Å². The summed E-state index contributed by atoms with van der Waals surface area (Å²) in [5, 5.41) is 2.38. The Morgan fingerprint density at radius 1 is 1.19 bits per heavy atom. The normalized spacial score (nSPS) is 10.8. The number of aromatic amines is 1. The summed E-state index contributed by atoms with van der Waals surface area (Å²) in [6, 6.07) is 16.2. The third-order valence-electron chi connectivity index (χ3n) is 3.51. The second kappa shape index (κ2) is 5.74.